The van der Waals surface area contributed by atoms with Crippen LogP contribution in [0.25, 0.3) is 11.1 Å². The number of alkyl halides is 5. The molecule has 2 aliphatic carbocycles. The molecular formula is C32H37ClF8. The van der Waals surface area contributed by atoms with E-state index in [9.17, 15) is 26.3 Å². The van der Waals surface area contributed by atoms with Crippen molar-refractivity contribution in [2.75, 3.05) is 0 Å². The molecule has 0 atom stereocenters. The molecule has 0 saturated heterocycles. The van der Waals surface area contributed by atoms with Gasteiger partial charge in [-0.25, -0.2) is 26.3 Å². The first-order valence-corrected chi connectivity index (χ1v) is 15.1. The van der Waals surface area contributed by atoms with Crippen molar-refractivity contribution in [1.82, 2.24) is 0 Å². The minimum Gasteiger partial charge on any atom is -0.206 e. The Morgan fingerprint density at radius 3 is 1.71 bits per heavy atom. The summed E-state index contributed by atoms with van der Waals surface area (Å²) in [7, 11) is 0. The van der Waals surface area contributed by atoms with Crippen LogP contribution in [0.4, 0.5) is 35.1 Å². The van der Waals surface area contributed by atoms with Crippen LogP contribution in [0.1, 0.15) is 95.1 Å². The van der Waals surface area contributed by atoms with E-state index >= 15 is 8.78 Å². The van der Waals surface area contributed by atoms with Gasteiger partial charge in [0.05, 0.1) is 5.56 Å². The van der Waals surface area contributed by atoms with Gasteiger partial charge in [-0.15, -0.1) is 0 Å². The molecule has 2 fully saturated rings. The quantitative estimate of drug-likeness (QED) is 0.143. The molecule has 0 radical (unpaired) electrons. The first kappa shape index (κ1) is 32.1. The number of rotatable bonds is 10. The second-order valence-electron chi connectivity index (χ2n) is 12.1. The lowest BCUT2D eigenvalue weighted by atomic mass is 9.67. The lowest BCUT2D eigenvalue weighted by Gasteiger charge is -2.39. The van der Waals surface area contributed by atoms with Gasteiger partial charge in [0.25, 0.3) is 5.92 Å². The maximum absolute atomic E-state index is 15.3. The minimum absolute atomic E-state index is 0.290. The SMILES string of the molecule is CCCCCC1CCC(C2CCC(C(F)(F)Cc3cc(F)c(-c4cc(F)c(C(F)(F)Cl)c(F)c4)c(F)c3)CC2)CC1. The van der Waals surface area contributed by atoms with Crippen molar-refractivity contribution in [1.29, 1.82) is 0 Å². The molecule has 0 heterocycles. The van der Waals surface area contributed by atoms with Crippen molar-refractivity contribution < 1.29 is 35.1 Å². The average molecular weight is 609 g/mol. The Morgan fingerprint density at radius 2 is 1.22 bits per heavy atom. The van der Waals surface area contributed by atoms with E-state index < -0.39 is 63.6 Å². The van der Waals surface area contributed by atoms with E-state index in [1.54, 1.807) is 0 Å². The van der Waals surface area contributed by atoms with Gasteiger partial charge in [-0.3, -0.25) is 0 Å². The molecule has 0 aromatic heterocycles. The Balaban J connectivity index is 1.37. The zero-order chi connectivity index (χ0) is 29.9. The average Bonchev–Trinajstić information content (AvgIpc) is 2.87. The molecule has 228 valence electrons. The van der Waals surface area contributed by atoms with E-state index in [4.69, 9.17) is 11.6 Å². The predicted octanol–water partition coefficient (Wildman–Crippen LogP) is 11.6. The molecule has 2 aromatic rings. The second-order valence-corrected chi connectivity index (χ2v) is 12.5. The predicted molar refractivity (Wildman–Crippen MR) is 145 cm³/mol. The summed E-state index contributed by atoms with van der Waals surface area (Å²) in [6.07, 6.45) is 11.1. The number of halogens is 9. The van der Waals surface area contributed by atoms with E-state index in [2.05, 4.69) is 6.92 Å². The van der Waals surface area contributed by atoms with Crippen LogP contribution in [0, 0.1) is 46.9 Å². The van der Waals surface area contributed by atoms with Crippen molar-refractivity contribution in [3.8, 4) is 11.1 Å². The number of benzene rings is 2. The Kier molecular flexibility index (Phi) is 10.3. The van der Waals surface area contributed by atoms with Crippen LogP contribution >= 0.6 is 11.6 Å². The first-order valence-electron chi connectivity index (χ1n) is 14.7. The van der Waals surface area contributed by atoms with Gasteiger partial charge in [0.2, 0.25) is 0 Å². The van der Waals surface area contributed by atoms with Gasteiger partial charge in [-0.05, 0) is 103 Å². The van der Waals surface area contributed by atoms with Crippen molar-refractivity contribution in [2.24, 2.45) is 23.7 Å². The van der Waals surface area contributed by atoms with Crippen molar-refractivity contribution in [2.45, 2.75) is 102 Å². The smallest absolute Gasteiger partial charge is 0.206 e. The summed E-state index contributed by atoms with van der Waals surface area (Å²) in [6, 6.07) is 2.08. The maximum atomic E-state index is 15.3. The lowest BCUT2D eigenvalue weighted by Crippen LogP contribution is -2.35. The molecule has 2 aliphatic rings. The monoisotopic (exact) mass is 608 g/mol. The van der Waals surface area contributed by atoms with Crippen LogP contribution in [0.5, 0.6) is 0 Å². The number of hydrogen-bond donors (Lipinski definition) is 0. The van der Waals surface area contributed by atoms with Gasteiger partial charge in [-0.2, -0.15) is 8.78 Å². The minimum atomic E-state index is -4.37. The molecular weight excluding hydrogens is 572 g/mol. The highest BCUT2D eigenvalue weighted by Crippen LogP contribution is 2.47. The largest absolute Gasteiger partial charge is 0.353 e. The van der Waals surface area contributed by atoms with Gasteiger partial charge in [0.1, 0.15) is 28.8 Å². The Morgan fingerprint density at radius 1 is 0.707 bits per heavy atom. The standard InChI is InChI=1S/C32H37ClF8/c1-2-3-4-5-19-6-8-21(9-7-19)22-10-12-24(13-11-22)31(38,39)18-20-14-25(34)29(26(35)15-20)23-16-27(36)30(28(37)17-23)32(33,40)41/h14-17,19,21-22,24H,2-13,18H2,1H3. The molecule has 0 amide bonds. The number of hydrogen-bond acceptors (Lipinski definition) is 0. The highest BCUT2D eigenvalue weighted by molar-refractivity contribution is 6.21. The molecule has 0 bridgehead atoms. The van der Waals surface area contributed by atoms with Crippen LogP contribution in [-0.2, 0) is 11.8 Å². The fourth-order valence-corrected chi connectivity index (χ4v) is 7.23. The van der Waals surface area contributed by atoms with E-state index in [0.29, 0.717) is 48.9 Å². The highest BCUT2D eigenvalue weighted by Gasteiger charge is 2.43. The summed E-state index contributed by atoms with van der Waals surface area (Å²) >= 11 is 4.72. The van der Waals surface area contributed by atoms with E-state index in [1.807, 2.05) is 0 Å². The summed E-state index contributed by atoms with van der Waals surface area (Å²) in [5, 5.41) is -4.37. The fourth-order valence-electron chi connectivity index (χ4n) is 7.05. The van der Waals surface area contributed by atoms with Crippen LogP contribution in [0.2, 0.25) is 0 Å². The molecule has 0 spiro atoms. The van der Waals surface area contributed by atoms with Crippen molar-refractivity contribution >= 4 is 11.6 Å². The van der Waals surface area contributed by atoms with Crippen LogP contribution in [0.15, 0.2) is 24.3 Å². The zero-order valence-electron chi connectivity index (χ0n) is 23.2. The van der Waals surface area contributed by atoms with Gasteiger partial charge in [-0.1, -0.05) is 45.4 Å². The van der Waals surface area contributed by atoms with E-state index in [-0.39, 0.29) is 5.56 Å². The van der Waals surface area contributed by atoms with E-state index in [0.717, 1.165) is 31.6 Å². The van der Waals surface area contributed by atoms with Gasteiger partial charge in [0, 0.05) is 12.3 Å². The van der Waals surface area contributed by atoms with Crippen LogP contribution in [-0.4, -0.2) is 5.92 Å². The molecule has 0 nitrogen and oxygen atoms in total. The summed E-state index contributed by atoms with van der Waals surface area (Å²) in [5.74, 6) is -8.49. The summed E-state index contributed by atoms with van der Waals surface area (Å²) in [4.78, 5) is 0. The van der Waals surface area contributed by atoms with Gasteiger partial charge < -0.3 is 0 Å². The zero-order valence-corrected chi connectivity index (χ0v) is 24.0. The van der Waals surface area contributed by atoms with Crippen LogP contribution < -0.4 is 0 Å². The lowest BCUT2D eigenvalue weighted by molar-refractivity contribution is -0.0777. The normalized spacial score (nSPS) is 24.0. The molecule has 41 heavy (non-hydrogen) atoms. The van der Waals surface area contributed by atoms with Crippen molar-refractivity contribution in [3.05, 3.63) is 58.7 Å². The van der Waals surface area contributed by atoms with E-state index in [1.165, 1.54) is 38.5 Å². The van der Waals surface area contributed by atoms with Crippen LogP contribution in [0.3, 0.4) is 0 Å². The molecule has 0 aliphatic heterocycles. The topological polar surface area (TPSA) is 0 Å². The number of unbranched alkanes of at least 4 members (excludes halogenated alkanes) is 2. The molecule has 0 N–H and O–H groups in total. The third-order valence-corrected chi connectivity index (χ3v) is 9.49. The summed E-state index contributed by atoms with van der Waals surface area (Å²) in [6.45, 7) is 2.20. The Hall–Kier alpha value is -1.83. The molecule has 2 saturated carbocycles. The summed E-state index contributed by atoms with van der Waals surface area (Å²) in [5.41, 5.74) is -3.63. The fraction of sp³-hybridized carbons (Fsp3) is 0.625. The van der Waals surface area contributed by atoms with Crippen molar-refractivity contribution in [3.63, 3.8) is 0 Å². The third kappa shape index (κ3) is 7.77. The molecule has 0 unspecified atom stereocenters. The molecule has 4 rings (SSSR count). The van der Waals surface area contributed by atoms with Gasteiger partial charge in [0.15, 0.2) is 0 Å². The second kappa shape index (κ2) is 13.2. The maximum Gasteiger partial charge on any atom is 0.353 e. The molecule has 2 aromatic carbocycles. The Labute approximate surface area is 241 Å². The van der Waals surface area contributed by atoms with Gasteiger partial charge >= 0.3 is 5.38 Å². The third-order valence-electron chi connectivity index (χ3n) is 9.30. The first-order chi connectivity index (χ1) is 19.3. The Bertz CT molecular complexity index is 1130. The summed E-state index contributed by atoms with van der Waals surface area (Å²) < 4.78 is 115. The molecule has 9 heteroatoms. The highest BCUT2D eigenvalue weighted by atomic mass is 35.5.